The van der Waals surface area contributed by atoms with Crippen LogP contribution in [0.5, 0.6) is 0 Å². The molecule has 1 aliphatic rings. The third-order valence-corrected chi connectivity index (χ3v) is 3.57. The van der Waals surface area contributed by atoms with Crippen molar-refractivity contribution in [1.82, 2.24) is 4.31 Å². The summed E-state index contributed by atoms with van der Waals surface area (Å²) in [6, 6.07) is 0. The topological polar surface area (TPSA) is 72.9 Å². The quantitative estimate of drug-likeness (QED) is 0.514. The maximum absolute atomic E-state index is 11.0. The van der Waals surface area contributed by atoms with Gasteiger partial charge in [0.15, 0.2) is 0 Å². The molecule has 0 saturated carbocycles. The highest BCUT2D eigenvalue weighted by Gasteiger charge is 2.29. The van der Waals surface area contributed by atoms with Crippen LogP contribution in [-0.2, 0) is 23.5 Å². The summed E-state index contributed by atoms with van der Waals surface area (Å²) in [5, 5.41) is 0. The van der Waals surface area contributed by atoms with E-state index in [1.165, 1.54) is 7.11 Å². The Bertz CT molecular complexity index is 330. The van der Waals surface area contributed by atoms with Gasteiger partial charge in [-0.1, -0.05) is 0 Å². The lowest BCUT2D eigenvalue weighted by Gasteiger charge is -2.29. The average molecular weight is 258 g/mol. The number of morpholine rings is 1. The van der Waals surface area contributed by atoms with Crippen molar-refractivity contribution in [2.24, 2.45) is 0 Å². The number of nitrogens with zero attached hydrogens (tertiary/aromatic N) is 1. The number of halogens is 1. The SMILES string of the molecule is COC(=O)CC1CN(S(=O)(=O)Cl)CCO1. The summed E-state index contributed by atoms with van der Waals surface area (Å²) < 4.78 is 32.8. The molecule has 0 amide bonds. The van der Waals surface area contributed by atoms with E-state index in [4.69, 9.17) is 15.4 Å². The summed E-state index contributed by atoms with van der Waals surface area (Å²) in [6.07, 6.45) is -0.459. The van der Waals surface area contributed by atoms with E-state index in [-0.39, 0.29) is 26.1 Å². The normalized spacial score (nSPS) is 23.7. The number of carbonyl (C=O) groups excluding carboxylic acids is 1. The Balaban J connectivity index is 2.53. The van der Waals surface area contributed by atoms with E-state index >= 15 is 0 Å². The van der Waals surface area contributed by atoms with Crippen molar-refractivity contribution >= 4 is 25.9 Å². The Morgan fingerprint density at radius 1 is 1.67 bits per heavy atom. The van der Waals surface area contributed by atoms with Gasteiger partial charge in [-0.3, -0.25) is 4.79 Å². The van der Waals surface area contributed by atoms with Crippen LogP contribution in [-0.4, -0.2) is 51.6 Å². The van der Waals surface area contributed by atoms with Gasteiger partial charge in [0, 0.05) is 23.8 Å². The molecule has 1 aliphatic heterocycles. The molecule has 1 rings (SSSR count). The molecular formula is C7H12ClNO5S. The average Bonchev–Trinajstić information content (AvgIpc) is 2.17. The fourth-order valence-corrected chi connectivity index (χ4v) is 2.30. The fourth-order valence-electron chi connectivity index (χ4n) is 1.28. The monoisotopic (exact) mass is 257 g/mol. The van der Waals surface area contributed by atoms with Gasteiger partial charge < -0.3 is 9.47 Å². The lowest BCUT2D eigenvalue weighted by atomic mass is 10.2. The third kappa shape index (κ3) is 3.94. The van der Waals surface area contributed by atoms with Crippen LogP contribution >= 0.6 is 10.7 Å². The van der Waals surface area contributed by atoms with Gasteiger partial charge in [0.2, 0.25) is 0 Å². The Labute approximate surface area is 92.6 Å². The van der Waals surface area contributed by atoms with Crippen molar-refractivity contribution in [3.8, 4) is 0 Å². The fraction of sp³-hybridized carbons (Fsp3) is 0.857. The van der Waals surface area contributed by atoms with Gasteiger partial charge in [0.25, 0.3) is 9.24 Å². The first-order chi connectivity index (χ1) is 6.93. The number of rotatable bonds is 3. The summed E-state index contributed by atoms with van der Waals surface area (Å²) in [4.78, 5) is 10.9. The number of ether oxygens (including phenoxy) is 2. The van der Waals surface area contributed by atoms with Gasteiger partial charge in [-0.2, -0.15) is 12.7 Å². The maximum atomic E-state index is 11.0. The lowest BCUT2D eigenvalue weighted by Crippen LogP contribution is -2.44. The van der Waals surface area contributed by atoms with Gasteiger partial charge in [0.1, 0.15) is 0 Å². The van der Waals surface area contributed by atoms with Crippen molar-refractivity contribution in [3.63, 3.8) is 0 Å². The predicted octanol–water partition coefficient (Wildman–Crippen LogP) is -0.266. The summed E-state index contributed by atoms with van der Waals surface area (Å²) in [5.41, 5.74) is 0. The highest BCUT2D eigenvalue weighted by atomic mass is 35.7. The number of hydrogen-bond donors (Lipinski definition) is 0. The van der Waals surface area contributed by atoms with Crippen LogP contribution in [0, 0.1) is 0 Å². The highest BCUT2D eigenvalue weighted by molar-refractivity contribution is 8.11. The molecule has 6 nitrogen and oxygen atoms in total. The van der Waals surface area contributed by atoms with Gasteiger partial charge in [0.05, 0.1) is 26.2 Å². The van der Waals surface area contributed by atoms with Crippen LogP contribution in [0.1, 0.15) is 6.42 Å². The molecule has 0 aromatic heterocycles. The van der Waals surface area contributed by atoms with Gasteiger partial charge in [-0.05, 0) is 0 Å². The number of methoxy groups -OCH3 is 1. The highest BCUT2D eigenvalue weighted by Crippen LogP contribution is 2.15. The molecule has 0 spiro atoms. The predicted molar refractivity (Wildman–Crippen MR) is 52.7 cm³/mol. The molecular weight excluding hydrogens is 246 g/mol. The van der Waals surface area contributed by atoms with Gasteiger partial charge >= 0.3 is 5.97 Å². The molecule has 8 heteroatoms. The summed E-state index contributed by atoms with van der Waals surface area (Å²) in [5.74, 6) is -0.436. The first-order valence-electron chi connectivity index (χ1n) is 4.31. The van der Waals surface area contributed by atoms with E-state index in [1.807, 2.05) is 0 Å². The second-order valence-electron chi connectivity index (χ2n) is 3.07. The molecule has 1 fully saturated rings. The summed E-state index contributed by atoms with van der Waals surface area (Å²) in [6.45, 7) is 0.526. The number of esters is 1. The molecule has 0 aromatic rings. The van der Waals surface area contributed by atoms with E-state index in [0.29, 0.717) is 0 Å². The zero-order chi connectivity index (χ0) is 11.5. The molecule has 0 bridgehead atoms. The molecule has 0 aliphatic carbocycles. The Morgan fingerprint density at radius 2 is 2.33 bits per heavy atom. The van der Waals surface area contributed by atoms with E-state index in [9.17, 15) is 13.2 Å². The second kappa shape index (κ2) is 5.11. The largest absolute Gasteiger partial charge is 0.469 e. The van der Waals surface area contributed by atoms with Crippen LogP contribution in [0.4, 0.5) is 0 Å². The molecule has 1 unspecified atom stereocenters. The van der Waals surface area contributed by atoms with E-state index in [1.54, 1.807) is 0 Å². The van der Waals surface area contributed by atoms with E-state index in [0.717, 1.165) is 4.31 Å². The van der Waals surface area contributed by atoms with Gasteiger partial charge in [-0.15, -0.1) is 0 Å². The molecule has 1 saturated heterocycles. The van der Waals surface area contributed by atoms with Crippen molar-refractivity contribution < 1.29 is 22.7 Å². The van der Waals surface area contributed by atoms with Crippen molar-refractivity contribution in [2.75, 3.05) is 26.8 Å². The maximum Gasteiger partial charge on any atom is 0.308 e. The van der Waals surface area contributed by atoms with Crippen LogP contribution < -0.4 is 0 Å². The molecule has 1 atom stereocenters. The molecule has 0 N–H and O–H groups in total. The van der Waals surface area contributed by atoms with Crippen molar-refractivity contribution in [3.05, 3.63) is 0 Å². The molecule has 88 valence electrons. The number of hydrogen-bond acceptors (Lipinski definition) is 5. The Hall–Kier alpha value is -0.370. The van der Waals surface area contributed by atoms with Crippen LogP contribution in [0.2, 0.25) is 0 Å². The van der Waals surface area contributed by atoms with E-state index in [2.05, 4.69) is 4.74 Å². The summed E-state index contributed by atoms with van der Waals surface area (Å²) >= 11 is 0. The number of carbonyl (C=O) groups is 1. The molecule has 0 aromatic carbocycles. The minimum Gasteiger partial charge on any atom is -0.469 e. The second-order valence-corrected chi connectivity index (χ2v) is 5.58. The molecule has 1 heterocycles. The summed E-state index contributed by atoms with van der Waals surface area (Å²) in [7, 11) is 2.71. The van der Waals surface area contributed by atoms with E-state index < -0.39 is 21.3 Å². The Kier molecular flexibility index (Phi) is 4.32. The minimum absolute atomic E-state index is 0.0272. The van der Waals surface area contributed by atoms with Gasteiger partial charge in [-0.25, -0.2) is 0 Å². The first-order valence-corrected chi connectivity index (χ1v) is 6.58. The Morgan fingerprint density at radius 3 is 2.87 bits per heavy atom. The van der Waals surface area contributed by atoms with Crippen LogP contribution in [0.25, 0.3) is 0 Å². The third-order valence-electron chi connectivity index (χ3n) is 2.03. The molecule has 0 radical (unpaired) electrons. The zero-order valence-electron chi connectivity index (χ0n) is 8.18. The van der Waals surface area contributed by atoms with Crippen LogP contribution in [0.3, 0.4) is 0 Å². The van der Waals surface area contributed by atoms with Crippen LogP contribution in [0.15, 0.2) is 0 Å². The minimum atomic E-state index is -3.73. The lowest BCUT2D eigenvalue weighted by molar-refractivity contribution is -0.144. The zero-order valence-corrected chi connectivity index (χ0v) is 9.75. The van der Waals surface area contributed by atoms with Crippen molar-refractivity contribution in [1.29, 1.82) is 0 Å². The molecule has 15 heavy (non-hydrogen) atoms. The first kappa shape index (κ1) is 12.7. The van der Waals surface area contributed by atoms with Crippen molar-refractivity contribution in [2.45, 2.75) is 12.5 Å². The standard InChI is InChI=1S/C7H12ClNO5S/c1-13-7(10)4-6-5-9(2-3-14-6)15(8,11)12/h6H,2-5H2,1H3. The smallest absolute Gasteiger partial charge is 0.308 e.